The highest BCUT2D eigenvalue weighted by atomic mass is 16.5. The predicted molar refractivity (Wildman–Crippen MR) is 107 cm³/mol. The quantitative estimate of drug-likeness (QED) is 0.475. The molecule has 2 aromatic carbocycles. The van der Waals surface area contributed by atoms with E-state index in [4.69, 9.17) is 20.6 Å². The monoisotopic (exact) mass is 382 g/mol. The van der Waals surface area contributed by atoms with Gasteiger partial charge >= 0.3 is 5.97 Å². The molecule has 0 saturated carbocycles. The van der Waals surface area contributed by atoms with E-state index in [9.17, 15) is 9.90 Å². The van der Waals surface area contributed by atoms with Crippen molar-refractivity contribution in [3.63, 3.8) is 0 Å². The van der Waals surface area contributed by atoms with Crippen molar-refractivity contribution in [1.29, 1.82) is 0 Å². The number of carbonyl (C=O) groups excluding carboxylic acids is 1. The van der Waals surface area contributed by atoms with Crippen LogP contribution in [0.1, 0.15) is 35.2 Å². The van der Waals surface area contributed by atoms with E-state index in [1.165, 1.54) is 0 Å². The summed E-state index contributed by atoms with van der Waals surface area (Å²) in [6.45, 7) is 0.294. The lowest BCUT2D eigenvalue weighted by molar-refractivity contribution is -0.0167. The zero-order valence-electron chi connectivity index (χ0n) is 16.0. The molecule has 2 rings (SSSR count). The van der Waals surface area contributed by atoms with E-state index in [1.807, 2.05) is 30.3 Å². The van der Waals surface area contributed by atoms with Gasteiger partial charge in [0.05, 0.1) is 25.4 Å². The second kappa shape index (κ2) is 11.8. The van der Waals surface area contributed by atoms with E-state index in [1.54, 1.807) is 31.4 Å². The molecule has 148 valence electrons. The first kappa shape index (κ1) is 21.5. The van der Waals surface area contributed by atoms with Crippen molar-refractivity contribution < 1.29 is 24.1 Å². The molecule has 0 aromatic heterocycles. The van der Waals surface area contributed by atoms with E-state index < -0.39 is 12.1 Å². The summed E-state index contributed by atoms with van der Waals surface area (Å²) in [6.07, 6.45) is 5.84. The van der Waals surface area contributed by atoms with E-state index in [2.05, 4.69) is 5.92 Å². The van der Waals surface area contributed by atoms with Gasteiger partial charge in [0.1, 0.15) is 11.9 Å². The zero-order valence-corrected chi connectivity index (χ0v) is 16.0. The summed E-state index contributed by atoms with van der Waals surface area (Å²) < 4.78 is 16.7. The molecule has 5 heteroatoms. The Kier molecular flexibility index (Phi) is 9.06. The number of ether oxygens (including phenoxy) is 3. The smallest absolute Gasteiger partial charge is 0.338 e. The number of benzene rings is 2. The van der Waals surface area contributed by atoms with Crippen LogP contribution in [-0.4, -0.2) is 37.0 Å². The molecular weight excluding hydrogens is 356 g/mol. The fourth-order valence-electron chi connectivity index (χ4n) is 2.73. The zero-order chi connectivity index (χ0) is 20.2. The summed E-state index contributed by atoms with van der Waals surface area (Å²) in [7, 11) is 1.62. The number of terminal acetylenes is 1. The standard InChI is InChI=1S/C23H26O5/c1-3-7-21(27-17-18-10-12-20(26-2)13-11-18)16-22(14-15-24)28-23(25)19-8-5-4-6-9-19/h1,4-6,8-13,21-22,24H,7,14-17H2,2H3/t21-,22+/m0/s1. The Labute approximate surface area is 166 Å². The van der Waals surface area contributed by atoms with Crippen LogP contribution in [-0.2, 0) is 16.1 Å². The maximum absolute atomic E-state index is 12.3. The third-order valence-corrected chi connectivity index (χ3v) is 4.25. The molecule has 0 aliphatic heterocycles. The summed E-state index contributed by atoms with van der Waals surface area (Å²) in [5.41, 5.74) is 1.46. The number of aliphatic hydroxyl groups is 1. The highest BCUT2D eigenvalue weighted by molar-refractivity contribution is 5.89. The lowest BCUT2D eigenvalue weighted by atomic mass is 10.1. The summed E-state index contributed by atoms with van der Waals surface area (Å²) in [4.78, 5) is 12.3. The average Bonchev–Trinajstić information content (AvgIpc) is 2.73. The maximum Gasteiger partial charge on any atom is 0.338 e. The number of esters is 1. The van der Waals surface area contributed by atoms with Crippen LogP contribution < -0.4 is 4.74 Å². The number of carbonyl (C=O) groups is 1. The molecule has 0 fully saturated rings. The van der Waals surface area contributed by atoms with Gasteiger partial charge in [0, 0.05) is 25.9 Å². The molecule has 0 radical (unpaired) electrons. The van der Waals surface area contributed by atoms with E-state index in [-0.39, 0.29) is 12.7 Å². The molecule has 1 N–H and O–H groups in total. The van der Waals surface area contributed by atoms with Gasteiger partial charge in [-0.1, -0.05) is 30.3 Å². The molecule has 28 heavy (non-hydrogen) atoms. The third kappa shape index (κ3) is 7.07. The Balaban J connectivity index is 1.95. The summed E-state index contributed by atoms with van der Waals surface area (Å²) >= 11 is 0. The summed E-state index contributed by atoms with van der Waals surface area (Å²) in [6, 6.07) is 16.3. The lowest BCUT2D eigenvalue weighted by Gasteiger charge is -2.23. The van der Waals surface area contributed by atoms with Crippen LogP contribution in [0.15, 0.2) is 54.6 Å². The molecule has 2 atom stereocenters. The Morgan fingerprint density at radius 3 is 2.43 bits per heavy atom. The van der Waals surface area contributed by atoms with Gasteiger partial charge in [-0.2, -0.15) is 0 Å². The van der Waals surface area contributed by atoms with Gasteiger partial charge in [0.15, 0.2) is 0 Å². The van der Waals surface area contributed by atoms with Crippen LogP contribution in [0.25, 0.3) is 0 Å². The van der Waals surface area contributed by atoms with Crippen LogP contribution >= 0.6 is 0 Å². The minimum absolute atomic E-state index is 0.0893. The minimum Gasteiger partial charge on any atom is -0.497 e. The second-order valence-electron chi connectivity index (χ2n) is 6.33. The highest BCUT2D eigenvalue weighted by Crippen LogP contribution is 2.18. The molecule has 0 amide bonds. The molecule has 0 aliphatic rings. The largest absolute Gasteiger partial charge is 0.497 e. The Morgan fingerprint density at radius 2 is 1.82 bits per heavy atom. The number of hydrogen-bond donors (Lipinski definition) is 1. The van der Waals surface area contributed by atoms with Crippen LogP contribution in [0.4, 0.5) is 0 Å². The second-order valence-corrected chi connectivity index (χ2v) is 6.33. The van der Waals surface area contributed by atoms with Gasteiger partial charge in [0.2, 0.25) is 0 Å². The van der Waals surface area contributed by atoms with Crippen LogP contribution in [0.3, 0.4) is 0 Å². The van der Waals surface area contributed by atoms with Crippen molar-refractivity contribution in [2.45, 2.75) is 38.1 Å². The number of hydrogen-bond acceptors (Lipinski definition) is 5. The lowest BCUT2D eigenvalue weighted by Crippen LogP contribution is -2.26. The molecule has 2 aromatic rings. The summed E-state index contributed by atoms with van der Waals surface area (Å²) in [5, 5.41) is 9.34. The maximum atomic E-state index is 12.3. The third-order valence-electron chi connectivity index (χ3n) is 4.25. The molecule has 0 saturated heterocycles. The van der Waals surface area contributed by atoms with Crippen molar-refractivity contribution >= 4 is 5.97 Å². The first-order valence-electron chi connectivity index (χ1n) is 9.21. The number of methoxy groups -OCH3 is 1. The molecule has 5 nitrogen and oxygen atoms in total. The minimum atomic E-state index is -0.480. The highest BCUT2D eigenvalue weighted by Gasteiger charge is 2.21. The van der Waals surface area contributed by atoms with Crippen molar-refractivity contribution in [1.82, 2.24) is 0 Å². The molecule has 0 aliphatic carbocycles. The fraction of sp³-hybridized carbons (Fsp3) is 0.348. The van der Waals surface area contributed by atoms with Crippen LogP contribution in [0, 0.1) is 12.3 Å². The SMILES string of the molecule is C#CC[C@@H](C[C@@H](CCO)OC(=O)c1ccccc1)OCc1ccc(OC)cc1. The molecule has 0 bridgehead atoms. The Hall–Kier alpha value is -2.81. The molecule has 0 spiro atoms. The topological polar surface area (TPSA) is 65.0 Å². The van der Waals surface area contributed by atoms with Crippen molar-refractivity contribution in [2.75, 3.05) is 13.7 Å². The van der Waals surface area contributed by atoms with Crippen molar-refractivity contribution in [3.8, 4) is 18.1 Å². The average molecular weight is 382 g/mol. The van der Waals surface area contributed by atoms with Crippen LogP contribution in [0.2, 0.25) is 0 Å². The van der Waals surface area contributed by atoms with E-state index in [0.717, 1.165) is 11.3 Å². The van der Waals surface area contributed by atoms with Gasteiger partial charge in [-0.15, -0.1) is 12.3 Å². The Morgan fingerprint density at radius 1 is 1.11 bits per heavy atom. The molecular formula is C23H26O5. The van der Waals surface area contributed by atoms with Gasteiger partial charge in [-0.25, -0.2) is 4.79 Å². The van der Waals surface area contributed by atoms with Crippen molar-refractivity contribution in [3.05, 3.63) is 65.7 Å². The number of rotatable bonds is 11. The van der Waals surface area contributed by atoms with Crippen LogP contribution in [0.5, 0.6) is 5.75 Å². The van der Waals surface area contributed by atoms with Gasteiger partial charge < -0.3 is 19.3 Å². The van der Waals surface area contributed by atoms with E-state index >= 15 is 0 Å². The first-order chi connectivity index (χ1) is 13.7. The van der Waals surface area contributed by atoms with E-state index in [0.29, 0.717) is 31.4 Å². The van der Waals surface area contributed by atoms with Gasteiger partial charge in [-0.05, 0) is 29.8 Å². The molecule has 0 heterocycles. The first-order valence-corrected chi connectivity index (χ1v) is 9.21. The molecule has 0 unspecified atom stereocenters. The normalized spacial score (nSPS) is 12.6. The predicted octanol–water partition coefficient (Wildman–Crippen LogP) is 3.60. The van der Waals surface area contributed by atoms with Gasteiger partial charge in [-0.3, -0.25) is 0 Å². The Bertz CT molecular complexity index is 749. The van der Waals surface area contributed by atoms with Gasteiger partial charge in [0.25, 0.3) is 0 Å². The summed E-state index contributed by atoms with van der Waals surface area (Å²) in [5.74, 6) is 2.96. The number of aliphatic hydroxyl groups excluding tert-OH is 1. The fourth-order valence-corrected chi connectivity index (χ4v) is 2.73. The van der Waals surface area contributed by atoms with Crippen molar-refractivity contribution in [2.24, 2.45) is 0 Å².